The molecule has 8 nitrogen and oxygen atoms in total. The van der Waals surface area contributed by atoms with Crippen molar-refractivity contribution in [1.82, 2.24) is 29.9 Å². The molecule has 12 heteroatoms. The van der Waals surface area contributed by atoms with E-state index in [9.17, 15) is 4.79 Å². The van der Waals surface area contributed by atoms with Crippen LogP contribution in [0.4, 0.5) is 0 Å². The first-order valence-corrected chi connectivity index (χ1v) is 34.6. The molecular formula is C99H80Ir4N6O2-6. The third-order valence-corrected chi connectivity index (χ3v) is 15.9. The van der Waals surface area contributed by atoms with Crippen LogP contribution >= 0.6 is 0 Å². The average Bonchev–Trinajstić information content (AvgIpc) is 0.769. The summed E-state index contributed by atoms with van der Waals surface area (Å²) in [4.78, 5) is 36.3. The second kappa shape index (κ2) is 48.4. The van der Waals surface area contributed by atoms with Gasteiger partial charge in [-0.3, -0.25) is 4.79 Å². The van der Waals surface area contributed by atoms with Crippen LogP contribution in [0.15, 0.2) is 376 Å². The summed E-state index contributed by atoms with van der Waals surface area (Å²) in [7, 11) is 0. The number of allylic oxidation sites excluding steroid dienone is 2. The van der Waals surface area contributed by atoms with E-state index in [0.29, 0.717) is 5.56 Å². The van der Waals surface area contributed by atoms with Gasteiger partial charge < -0.3 is 35.0 Å². The van der Waals surface area contributed by atoms with Crippen LogP contribution in [0, 0.1) is 64.1 Å². The number of hydrogen-bond donors (Lipinski definition) is 1. The number of aliphatic hydroxyl groups excluding tert-OH is 1. The molecule has 0 aliphatic rings. The second-order valence-corrected chi connectivity index (χ2v) is 24.2. The molecule has 6 heterocycles. The van der Waals surface area contributed by atoms with E-state index < -0.39 is 6.04 Å². The minimum Gasteiger partial charge on any atom is -0.512 e. The molecule has 10 aromatic carbocycles. The third-order valence-electron chi connectivity index (χ3n) is 15.9. The summed E-state index contributed by atoms with van der Waals surface area (Å²) in [5, 5.41) is 8.36. The van der Waals surface area contributed by atoms with E-state index in [1.54, 1.807) is 18.5 Å². The number of carbonyl (C=O) groups excluding carboxylic acids is 1. The minimum atomic E-state index is -0.394. The molecule has 6 aromatic heterocycles. The summed E-state index contributed by atoms with van der Waals surface area (Å²) in [5.74, 6) is -0.0625. The van der Waals surface area contributed by atoms with Crippen molar-refractivity contribution < 1.29 is 97.2 Å². The number of aryl methyl sites for hydroxylation is 4. The SMILES string of the molecule is CC(=O)C=C(C)O.Cc1[c-]c(-c2ccc(-c3ccccc3)cn2)cc(C)c1.Cc1cccnc1-c1[c-]cccc1.[2H]c1c([2H])c([2H])c(-c2cnc(-c3[c-]cccc3)cc2C)c([2H])c1[2H].[Ir].[Ir].[Ir].[Ir].[c-]1ccccc1-c1cc(-c2ccccc2)ccn1.[c-]1ccccc1-c1cc(-c2ccccc2)ccn1.[c-]1ccccc1-c1ccccn1. The van der Waals surface area contributed by atoms with Crippen molar-refractivity contribution in [2.75, 3.05) is 0 Å². The van der Waals surface area contributed by atoms with Crippen LogP contribution in [0.2, 0.25) is 0 Å². The molecule has 16 rings (SSSR count). The Labute approximate surface area is 715 Å². The van der Waals surface area contributed by atoms with Crippen LogP contribution in [0.5, 0.6) is 0 Å². The Morgan fingerprint density at radius 1 is 0.342 bits per heavy atom. The predicted octanol–water partition coefficient (Wildman–Crippen LogP) is 24.2. The molecule has 1 N–H and O–H groups in total. The summed E-state index contributed by atoms with van der Waals surface area (Å²) in [6, 6.07) is 116. The molecule has 0 atom stereocenters. The molecule has 0 unspecified atom stereocenters. The van der Waals surface area contributed by atoms with Crippen LogP contribution in [-0.2, 0) is 85.2 Å². The van der Waals surface area contributed by atoms with Gasteiger partial charge in [0.15, 0.2) is 5.78 Å². The van der Waals surface area contributed by atoms with E-state index in [1.807, 2.05) is 244 Å². The number of nitrogens with zero attached hydrogens (tertiary/aromatic N) is 6. The molecule has 0 amide bonds. The molecule has 111 heavy (non-hydrogen) atoms. The van der Waals surface area contributed by atoms with Crippen molar-refractivity contribution in [1.29, 1.82) is 0 Å². The van der Waals surface area contributed by atoms with Gasteiger partial charge in [0.05, 0.1) is 12.6 Å². The number of rotatable bonds is 11. The molecule has 0 aliphatic heterocycles. The Morgan fingerprint density at radius 3 is 1.17 bits per heavy atom. The molecule has 560 valence electrons. The third kappa shape index (κ3) is 29.0. The van der Waals surface area contributed by atoms with Crippen LogP contribution in [0.1, 0.15) is 43.0 Å². The Bertz CT molecular complexity index is 5350. The van der Waals surface area contributed by atoms with Crippen LogP contribution < -0.4 is 0 Å². The number of pyridine rings is 6. The molecule has 0 saturated carbocycles. The summed E-state index contributed by atoms with van der Waals surface area (Å²) < 4.78 is 39.4. The van der Waals surface area contributed by atoms with Crippen LogP contribution in [0.3, 0.4) is 0 Å². The van der Waals surface area contributed by atoms with E-state index in [4.69, 9.17) is 12.0 Å². The van der Waals surface area contributed by atoms with Gasteiger partial charge in [-0.15, -0.1) is 214 Å². The Kier molecular flexibility index (Phi) is 35.3. The summed E-state index contributed by atoms with van der Waals surface area (Å²) in [5.41, 5.74) is 23.8. The van der Waals surface area contributed by atoms with Gasteiger partial charge in [-0.2, -0.15) is 0 Å². The topological polar surface area (TPSA) is 115 Å². The molecule has 0 spiro atoms. The van der Waals surface area contributed by atoms with E-state index >= 15 is 0 Å². The fraction of sp³-hybridized carbons (Fsp3) is 0.0606. The zero-order valence-corrected chi connectivity index (χ0v) is 71.3. The van der Waals surface area contributed by atoms with Gasteiger partial charge in [-0.1, -0.05) is 189 Å². The first kappa shape index (κ1) is 80.9. The van der Waals surface area contributed by atoms with Gasteiger partial charge in [0.1, 0.15) is 0 Å². The van der Waals surface area contributed by atoms with Crippen molar-refractivity contribution in [2.45, 2.75) is 41.5 Å². The average molecular weight is 2160 g/mol. The van der Waals surface area contributed by atoms with Crippen molar-refractivity contribution in [3.05, 3.63) is 435 Å². The maximum absolute atomic E-state index is 10.0. The van der Waals surface area contributed by atoms with Crippen LogP contribution in [-0.4, -0.2) is 40.8 Å². The molecule has 0 aliphatic carbocycles. The first-order valence-electron chi connectivity index (χ1n) is 37.1. The number of carbonyl (C=O) groups is 1. The molecule has 4 radical (unpaired) electrons. The maximum atomic E-state index is 10.0. The van der Waals surface area contributed by atoms with Gasteiger partial charge in [0, 0.05) is 129 Å². The minimum absolute atomic E-state index is 0. The first-order chi connectivity index (χ1) is 54.5. The van der Waals surface area contributed by atoms with Crippen molar-refractivity contribution in [3.63, 3.8) is 0 Å². The molecule has 0 bridgehead atoms. The van der Waals surface area contributed by atoms with Crippen LogP contribution in [0.25, 0.3) is 112 Å². The van der Waals surface area contributed by atoms with Gasteiger partial charge in [-0.25, -0.2) is 0 Å². The Morgan fingerprint density at radius 2 is 0.766 bits per heavy atom. The van der Waals surface area contributed by atoms with Crippen molar-refractivity contribution >= 4 is 5.78 Å². The summed E-state index contributed by atoms with van der Waals surface area (Å²) in [6.07, 6.45) is 11.9. The number of aromatic nitrogens is 6. The summed E-state index contributed by atoms with van der Waals surface area (Å²) >= 11 is 0. The van der Waals surface area contributed by atoms with Gasteiger partial charge in [0.25, 0.3) is 0 Å². The van der Waals surface area contributed by atoms with Crippen molar-refractivity contribution in [3.8, 4) is 112 Å². The number of hydrogen-bond acceptors (Lipinski definition) is 8. The molecule has 0 fully saturated rings. The van der Waals surface area contributed by atoms with Crippen molar-refractivity contribution in [2.24, 2.45) is 0 Å². The molecule has 0 saturated heterocycles. The zero-order valence-electron chi connectivity index (χ0n) is 66.7. The standard InChI is InChI=1S/C19H16N.C18H14N.2C17H12N.C12H10N.C11H8N.C5H8O2.4Ir/c1-14-10-15(2)12-18(11-14)19-9-8-17(13-20-19)16-6-4-3-5-7-16;1-14-12-18(16-10-6-3-7-11-16)19-13-17(14)15-8-4-2-5-9-15;2*1-3-7-14(8-4-1)16-11-12-18-17(13-16)15-9-5-2-6-10-15;1-10-6-5-9-13-12(10)11-7-3-2-4-8-11;1-2-6-10(7-3-1)11-8-4-5-9-12-11;1-4(6)3-5(2)7;;;;/h3-11,13H,1-2H3;2-10,12-13H,1H3;2*1-9,11-13H;2-7,9H,1H3;1-6,8-9H;3,6H,1-2H3;;;;/q6*-1;;;;;/i;2D,4D,5D,8D,9D;;;;;;;;;. The maximum Gasteiger partial charge on any atom is 0.155 e. The fourth-order valence-electron chi connectivity index (χ4n) is 10.8. The predicted molar refractivity (Wildman–Crippen MR) is 439 cm³/mol. The number of aliphatic hydroxyl groups is 1. The normalized spacial score (nSPS) is 10.5. The Hall–Kier alpha value is -11.1. The van der Waals surface area contributed by atoms with E-state index in [-0.39, 0.29) is 122 Å². The van der Waals surface area contributed by atoms with Gasteiger partial charge >= 0.3 is 0 Å². The molecular weight excluding hydrogens is 2070 g/mol. The number of ketones is 1. The second-order valence-electron chi connectivity index (χ2n) is 24.2. The van der Waals surface area contributed by atoms with Gasteiger partial charge in [0.2, 0.25) is 0 Å². The Balaban J connectivity index is 0.000000214. The number of benzene rings is 10. The monoisotopic (exact) mass is 2160 g/mol. The van der Waals surface area contributed by atoms with E-state index in [0.717, 1.165) is 84.2 Å². The molecule has 16 aromatic rings. The summed E-state index contributed by atoms with van der Waals surface area (Å²) in [6.45, 7) is 10.9. The van der Waals surface area contributed by atoms with Gasteiger partial charge in [-0.05, 0) is 131 Å². The smallest absolute Gasteiger partial charge is 0.155 e. The quantitative estimate of drug-likeness (QED) is 0.0774. The largest absolute Gasteiger partial charge is 0.512 e. The zero-order chi connectivity index (χ0) is 79.0. The fourth-order valence-corrected chi connectivity index (χ4v) is 10.8. The van der Waals surface area contributed by atoms with E-state index in [2.05, 4.69) is 166 Å². The van der Waals surface area contributed by atoms with E-state index in [1.165, 1.54) is 58.9 Å².